The summed E-state index contributed by atoms with van der Waals surface area (Å²) in [6.45, 7) is 2.66. The molecule has 0 aromatic heterocycles. The van der Waals surface area contributed by atoms with Crippen molar-refractivity contribution in [3.63, 3.8) is 0 Å². The van der Waals surface area contributed by atoms with Gasteiger partial charge in [-0.3, -0.25) is 4.79 Å². The Kier molecular flexibility index (Phi) is 3.76. The van der Waals surface area contributed by atoms with Crippen LogP contribution in [0.15, 0.2) is 0 Å². The minimum absolute atomic E-state index is 0.135. The maximum Gasteiger partial charge on any atom is 0.320 e. The van der Waals surface area contributed by atoms with Gasteiger partial charge in [0.15, 0.2) is 0 Å². The van der Waals surface area contributed by atoms with E-state index < -0.39 is 0 Å². The smallest absolute Gasteiger partial charge is 0.320 e. The number of carbonyl (C=O) groups excluding carboxylic acids is 2. The van der Waals surface area contributed by atoms with Crippen LogP contribution in [0.4, 0.5) is 4.79 Å². The van der Waals surface area contributed by atoms with Crippen LogP contribution >= 0.6 is 0 Å². The third-order valence-electron chi connectivity index (χ3n) is 4.99. The predicted octanol–water partition coefficient (Wildman–Crippen LogP) is 2.43. The van der Waals surface area contributed by atoms with Crippen molar-refractivity contribution >= 4 is 11.8 Å². The van der Waals surface area contributed by atoms with Gasteiger partial charge in [0, 0.05) is 38.0 Å². The van der Waals surface area contributed by atoms with E-state index in [0.29, 0.717) is 5.78 Å². The van der Waals surface area contributed by atoms with Crippen molar-refractivity contribution in [3.05, 3.63) is 0 Å². The lowest BCUT2D eigenvalue weighted by molar-refractivity contribution is -0.122. The summed E-state index contributed by atoms with van der Waals surface area (Å²) in [7, 11) is 0. The lowest BCUT2D eigenvalue weighted by Crippen LogP contribution is -2.49. The maximum absolute atomic E-state index is 12.6. The first-order valence-electron chi connectivity index (χ1n) is 7.85. The molecule has 0 N–H and O–H groups in total. The van der Waals surface area contributed by atoms with E-state index in [9.17, 15) is 9.59 Å². The fourth-order valence-electron chi connectivity index (χ4n) is 3.96. The van der Waals surface area contributed by atoms with Crippen molar-refractivity contribution in [2.45, 2.75) is 57.4 Å². The minimum atomic E-state index is 0.135. The zero-order chi connectivity index (χ0) is 13.2. The first kappa shape index (κ1) is 12.9. The molecule has 0 bridgehead atoms. The third-order valence-corrected chi connectivity index (χ3v) is 4.99. The molecule has 1 aliphatic carbocycles. The molecule has 2 amide bonds. The van der Waals surface area contributed by atoms with Crippen LogP contribution in [0.1, 0.15) is 51.4 Å². The molecule has 2 atom stereocenters. The zero-order valence-corrected chi connectivity index (χ0v) is 11.6. The Hall–Kier alpha value is -1.06. The van der Waals surface area contributed by atoms with E-state index in [1.807, 2.05) is 9.80 Å². The molecule has 3 fully saturated rings. The predicted molar refractivity (Wildman–Crippen MR) is 72.9 cm³/mol. The first-order chi connectivity index (χ1) is 9.27. The summed E-state index contributed by atoms with van der Waals surface area (Å²) in [6, 6.07) is 0.395. The summed E-state index contributed by atoms with van der Waals surface area (Å²) in [5.41, 5.74) is 0. The van der Waals surface area contributed by atoms with E-state index >= 15 is 0 Å². The molecule has 19 heavy (non-hydrogen) atoms. The fourth-order valence-corrected chi connectivity index (χ4v) is 3.96. The number of amides is 2. The number of rotatable bonds is 1. The Labute approximate surface area is 115 Å². The molecular weight excluding hydrogens is 240 g/mol. The molecule has 0 radical (unpaired) electrons. The molecule has 2 heterocycles. The Morgan fingerprint density at radius 2 is 1.74 bits per heavy atom. The van der Waals surface area contributed by atoms with Crippen LogP contribution in [0.5, 0.6) is 0 Å². The van der Waals surface area contributed by atoms with E-state index in [1.165, 1.54) is 6.42 Å². The van der Waals surface area contributed by atoms with Gasteiger partial charge in [-0.15, -0.1) is 0 Å². The molecule has 4 nitrogen and oxygen atoms in total. The van der Waals surface area contributed by atoms with Crippen LogP contribution in [0.25, 0.3) is 0 Å². The number of nitrogens with zero attached hydrogens (tertiary/aromatic N) is 2. The Morgan fingerprint density at radius 3 is 2.42 bits per heavy atom. The number of hydrogen-bond acceptors (Lipinski definition) is 2. The lowest BCUT2D eigenvalue weighted by atomic mass is 9.95. The molecule has 0 spiro atoms. The second-order valence-corrected chi connectivity index (χ2v) is 6.20. The van der Waals surface area contributed by atoms with Gasteiger partial charge in [0.1, 0.15) is 5.78 Å². The highest BCUT2D eigenvalue weighted by Gasteiger charge is 2.41. The van der Waals surface area contributed by atoms with Gasteiger partial charge < -0.3 is 9.80 Å². The van der Waals surface area contributed by atoms with E-state index in [2.05, 4.69) is 0 Å². The number of likely N-dealkylation sites (tertiary alicyclic amines) is 2. The molecule has 4 heteroatoms. The van der Waals surface area contributed by atoms with Crippen LogP contribution in [-0.4, -0.2) is 47.3 Å². The van der Waals surface area contributed by atoms with Gasteiger partial charge in [-0.2, -0.15) is 0 Å². The maximum atomic E-state index is 12.6. The van der Waals surface area contributed by atoms with Gasteiger partial charge in [-0.25, -0.2) is 4.79 Å². The number of carbonyl (C=O) groups is 2. The van der Waals surface area contributed by atoms with Crippen LogP contribution in [-0.2, 0) is 4.79 Å². The standard InChI is InChI=1S/C15H24N2O2/c18-14-8-4-6-12(14)13-7-5-11-17(13)15(19)16-9-2-1-3-10-16/h12-13H,1-11H2. The van der Waals surface area contributed by atoms with E-state index in [4.69, 9.17) is 0 Å². The number of hydrogen-bond donors (Lipinski definition) is 0. The van der Waals surface area contributed by atoms with Gasteiger partial charge in [0.05, 0.1) is 0 Å². The number of piperidine rings is 1. The second kappa shape index (κ2) is 5.51. The van der Waals surface area contributed by atoms with Crippen LogP contribution in [0.3, 0.4) is 0 Å². The third kappa shape index (κ3) is 2.49. The fraction of sp³-hybridized carbons (Fsp3) is 0.867. The monoisotopic (exact) mass is 264 g/mol. The average molecular weight is 264 g/mol. The van der Waals surface area contributed by atoms with Crippen molar-refractivity contribution in [1.29, 1.82) is 0 Å². The number of ketones is 1. The SMILES string of the molecule is O=C1CCCC1C1CCCN1C(=O)N1CCCCC1. The number of urea groups is 1. The Morgan fingerprint density at radius 1 is 0.947 bits per heavy atom. The van der Waals surface area contributed by atoms with E-state index in [0.717, 1.165) is 64.6 Å². The highest BCUT2D eigenvalue weighted by Crippen LogP contribution is 2.34. The summed E-state index contributed by atoms with van der Waals surface area (Å²) in [4.78, 5) is 28.6. The van der Waals surface area contributed by atoms with Crippen LogP contribution in [0.2, 0.25) is 0 Å². The van der Waals surface area contributed by atoms with Gasteiger partial charge in [0.25, 0.3) is 0 Å². The first-order valence-corrected chi connectivity index (χ1v) is 7.85. The van der Waals surface area contributed by atoms with Crippen molar-refractivity contribution < 1.29 is 9.59 Å². The molecule has 2 unspecified atom stereocenters. The normalized spacial score (nSPS) is 32.1. The largest absolute Gasteiger partial charge is 0.325 e. The number of Topliss-reactive ketones (excluding diaryl/α,β-unsaturated/α-hetero) is 1. The van der Waals surface area contributed by atoms with Gasteiger partial charge in [-0.05, 0) is 44.9 Å². The molecule has 3 rings (SSSR count). The molecule has 106 valence electrons. The van der Waals surface area contributed by atoms with Crippen molar-refractivity contribution in [3.8, 4) is 0 Å². The summed E-state index contributed by atoms with van der Waals surface area (Å²) in [5, 5.41) is 0. The summed E-state index contributed by atoms with van der Waals surface area (Å²) >= 11 is 0. The van der Waals surface area contributed by atoms with Crippen molar-refractivity contribution in [2.24, 2.45) is 5.92 Å². The Balaban J connectivity index is 1.68. The van der Waals surface area contributed by atoms with Crippen LogP contribution in [0, 0.1) is 5.92 Å². The summed E-state index contributed by atoms with van der Waals surface area (Å²) in [5.74, 6) is 0.527. The van der Waals surface area contributed by atoms with Gasteiger partial charge >= 0.3 is 6.03 Å². The highest BCUT2D eigenvalue weighted by atomic mass is 16.2. The zero-order valence-electron chi connectivity index (χ0n) is 11.6. The van der Waals surface area contributed by atoms with Gasteiger partial charge in [0.2, 0.25) is 0 Å². The molecule has 2 saturated heterocycles. The topological polar surface area (TPSA) is 40.6 Å². The lowest BCUT2D eigenvalue weighted by Gasteiger charge is -2.35. The molecule has 1 saturated carbocycles. The van der Waals surface area contributed by atoms with Crippen molar-refractivity contribution in [1.82, 2.24) is 9.80 Å². The minimum Gasteiger partial charge on any atom is -0.325 e. The van der Waals surface area contributed by atoms with E-state index in [-0.39, 0.29) is 18.0 Å². The van der Waals surface area contributed by atoms with Crippen molar-refractivity contribution in [2.75, 3.05) is 19.6 Å². The molecule has 2 aliphatic heterocycles. The molecule has 0 aromatic carbocycles. The summed E-state index contributed by atoms with van der Waals surface area (Å²) < 4.78 is 0. The van der Waals surface area contributed by atoms with E-state index in [1.54, 1.807) is 0 Å². The highest BCUT2D eigenvalue weighted by molar-refractivity contribution is 5.84. The molecular formula is C15H24N2O2. The quantitative estimate of drug-likeness (QED) is 0.730. The summed E-state index contributed by atoms with van der Waals surface area (Å²) in [6.07, 6.45) is 8.34. The Bertz CT molecular complexity index is 363. The molecule has 3 aliphatic rings. The molecule has 0 aromatic rings. The average Bonchev–Trinajstić information content (AvgIpc) is 3.07. The van der Waals surface area contributed by atoms with Gasteiger partial charge in [-0.1, -0.05) is 0 Å². The second-order valence-electron chi connectivity index (χ2n) is 6.20. The van der Waals surface area contributed by atoms with Crippen LogP contribution < -0.4 is 0 Å².